The maximum atomic E-state index is 11.4. The lowest BCUT2D eigenvalue weighted by Gasteiger charge is -2.15. The third-order valence-corrected chi connectivity index (χ3v) is 5.58. The van der Waals surface area contributed by atoms with Gasteiger partial charge in [0.2, 0.25) is 5.91 Å². The zero-order chi connectivity index (χ0) is 19.7. The molecule has 4 rings (SSSR count). The lowest BCUT2D eigenvalue weighted by molar-refractivity contribution is -0.114. The Kier molecular flexibility index (Phi) is 5.09. The Bertz CT molecular complexity index is 1150. The van der Waals surface area contributed by atoms with Crippen molar-refractivity contribution in [1.29, 1.82) is 0 Å². The van der Waals surface area contributed by atoms with Crippen molar-refractivity contribution in [3.63, 3.8) is 0 Å². The molecule has 140 valence electrons. The van der Waals surface area contributed by atoms with E-state index in [2.05, 4.69) is 27.1 Å². The molecular weight excluding hydrogens is 394 g/mol. The van der Waals surface area contributed by atoms with Gasteiger partial charge in [0.15, 0.2) is 11.0 Å². The molecular formula is C20H16ClN5OS. The van der Waals surface area contributed by atoms with E-state index < -0.39 is 0 Å². The number of aromatic nitrogens is 3. The number of hydrogen-bond donors (Lipinski definition) is 2. The molecule has 0 atom stereocenters. The number of nitrogens with two attached hydrogens (primary N) is 1. The number of carbonyl (C=O) groups is 1. The number of carbonyl (C=O) groups excluding carboxylic acids is 1. The number of amides is 1. The third kappa shape index (κ3) is 3.62. The molecule has 6 nitrogen and oxygen atoms in total. The molecule has 1 aromatic carbocycles. The summed E-state index contributed by atoms with van der Waals surface area (Å²) in [4.78, 5) is 26.1. The number of nitrogens with zero attached hydrogens (tertiary/aromatic N) is 3. The van der Waals surface area contributed by atoms with Crippen molar-refractivity contribution in [2.75, 3.05) is 11.9 Å². The number of anilines is 1. The van der Waals surface area contributed by atoms with Crippen molar-refractivity contribution < 1.29 is 4.79 Å². The Morgan fingerprint density at radius 2 is 2.21 bits per heavy atom. The van der Waals surface area contributed by atoms with E-state index in [4.69, 9.17) is 22.3 Å². The van der Waals surface area contributed by atoms with Gasteiger partial charge in [0, 0.05) is 24.2 Å². The smallest absolute Gasteiger partial charge is 0.223 e. The quantitative estimate of drug-likeness (QED) is 0.633. The van der Waals surface area contributed by atoms with E-state index in [1.165, 1.54) is 18.3 Å². The summed E-state index contributed by atoms with van der Waals surface area (Å²) < 4.78 is 0. The molecule has 8 heteroatoms. The van der Waals surface area contributed by atoms with Crippen molar-refractivity contribution in [3.8, 4) is 33.8 Å². The maximum absolute atomic E-state index is 11.4. The molecule has 3 N–H and O–H groups in total. The van der Waals surface area contributed by atoms with Gasteiger partial charge in [-0.3, -0.25) is 4.79 Å². The first-order valence-corrected chi connectivity index (χ1v) is 9.87. The van der Waals surface area contributed by atoms with Gasteiger partial charge in [-0.25, -0.2) is 15.0 Å². The molecule has 1 amide bonds. The zero-order valence-electron chi connectivity index (χ0n) is 15.0. The van der Waals surface area contributed by atoms with Crippen molar-refractivity contribution in [2.45, 2.75) is 19.8 Å². The molecule has 28 heavy (non-hydrogen) atoms. The van der Waals surface area contributed by atoms with Crippen LogP contribution >= 0.6 is 22.9 Å². The fourth-order valence-electron chi connectivity index (χ4n) is 3.01. The van der Waals surface area contributed by atoms with Gasteiger partial charge in [-0.2, -0.15) is 0 Å². The van der Waals surface area contributed by atoms with Crippen molar-refractivity contribution in [2.24, 2.45) is 5.73 Å². The van der Waals surface area contributed by atoms with Crippen LogP contribution in [0, 0.1) is 11.8 Å². The second-order valence-corrected chi connectivity index (χ2v) is 7.65. The summed E-state index contributed by atoms with van der Waals surface area (Å²) in [5.41, 5.74) is 9.82. The summed E-state index contributed by atoms with van der Waals surface area (Å²) in [5.74, 6) is 6.23. The van der Waals surface area contributed by atoms with Crippen LogP contribution in [0.5, 0.6) is 0 Å². The van der Waals surface area contributed by atoms with Crippen LogP contribution in [0.25, 0.3) is 22.0 Å². The summed E-state index contributed by atoms with van der Waals surface area (Å²) in [6, 6.07) is 5.49. The molecule has 2 aromatic heterocycles. The normalized spacial score (nSPS) is 11.8. The van der Waals surface area contributed by atoms with Crippen LogP contribution in [0.15, 0.2) is 24.4 Å². The van der Waals surface area contributed by atoms with E-state index in [9.17, 15) is 4.79 Å². The SMILES string of the molecule is CC(=O)Nc1nc2c(s1)-c1nc(-c3cc(C#CCN)ccc3Cl)ncc1CC2. The lowest BCUT2D eigenvalue weighted by Crippen LogP contribution is -2.07. The third-order valence-electron chi connectivity index (χ3n) is 4.23. The van der Waals surface area contributed by atoms with Gasteiger partial charge in [-0.1, -0.05) is 34.8 Å². The second-order valence-electron chi connectivity index (χ2n) is 6.24. The first-order chi connectivity index (χ1) is 13.5. The standard InChI is InChI=1S/C20H16ClN5OS/c1-11(27)24-20-25-16-7-5-13-10-23-19(26-17(13)18(16)28-20)14-9-12(3-2-8-22)4-6-15(14)21/h4,6,9-10H,5,7-8,22H2,1H3,(H,24,25,27). The number of aryl methyl sites for hydroxylation is 2. The summed E-state index contributed by atoms with van der Waals surface area (Å²) >= 11 is 7.83. The highest BCUT2D eigenvalue weighted by Gasteiger charge is 2.24. The summed E-state index contributed by atoms with van der Waals surface area (Å²) in [6.45, 7) is 1.76. The van der Waals surface area contributed by atoms with Gasteiger partial charge in [0.05, 0.1) is 27.8 Å². The minimum atomic E-state index is -0.142. The number of fused-ring (bicyclic) bond motifs is 3. The van der Waals surface area contributed by atoms with E-state index in [1.54, 1.807) is 6.07 Å². The fraction of sp³-hybridized carbons (Fsp3) is 0.200. The van der Waals surface area contributed by atoms with E-state index >= 15 is 0 Å². The van der Waals surface area contributed by atoms with Gasteiger partial charge < -0.3 is 11.1 Å². The predicted molar refractivity (Wildman–Crippen MR) is 111 cm³/mol. The van der Waals surface area contributed by atoms with Gasteiger partial charge in [-0.15, -0.1) is 0 Å². The minimum absolute atomic E-state index is 0.142. The average molecular weight is 410 g/mol. The van der Waals surface area contributed by atoms with E-state index in [0.717, 1.165) is 40.2 Å². The van der Waals surface area contributed by atoms with Gasteiger partial charge in [0.1, 0.15) is 0 Å². The van der Waals surface area contributed by atoms with Gasteiger partial charge >= 0.3 is 0 Å². The van der Waals surface area contributed by atoms with Gasteiger partial charge in [0.25, 0.3) is 0 Å². The first-order valence-electron chi connectivity index (χ1n) is 8.67. The van der Waals surface area contributed by atoms with E-state index in [1.807, 2.05) is 18.3 Å². The molecule has 0 bridgehead atoms. The number of hydrogen-bond acceptors (Lipinski definition) is 6. The summed E-state index contributed by atoms with van der Waals surface area (Å²) in [5, 5.41) is 3.89. The lowest BCUT2D eigenvalue weighted by atomic mass is 9.99. The van der Waals surface area contributed by atoms with Crippen molar-refractivity contribution in [3.05, 3.63) is 46.2 Å². The van der Waals surface area contributed by atoms with Crippen molar-refractivity contribution in [1.82, 2.24) is 15.0 Å². The van der Waals surface area contributed by atoms with Crippen LogP contribution in [0.4, 0.5) is 5.13 Å². The largest absolute Gasteiger partial charge is 0.320 e. The van der Waals surface area contributed by atoms with Gasteiger partial charge in [-0.05, 0) is 36.6 Å². The molecule has 1 aliphatic rings. The zero-order valence-corrected chi connectivity index (χ0v) is 16.6. The molecule has 0 radical (unpaired) electrons. The topological polar surface area (TPSA) is 93.8 Å². The first kappa shape index (κ1) is 18.6. The molecule has 2 heterocycles. The predicted octanol–water partition coefficient (Wildman–Crippen LogP) is 3.29. The maximum Gasteiger partial charge on any atom is 0.223 e. The summed E-state index contributed by atoms with van der Waals surface area (Å²) in [7, 11) is 0. The minimum Gasteiger partial charge on any atom is -0.320 e. The molecule has 1 aliphatic carbocycles. The number of thiazole rings is 1. The number of halogens is 1. The Labute approximate surface area is 171 Å². The highest BCUT2D eigenvalue weighted by atomic mass is 35.5. The van der Waals surface area contributed by atoms with Crippen LogP contribution in [0.2, 0.25) is 5.02 Å². The highest BCUT2D eigenvalue weighted by Crippen LogP contribution is 2.39. The molecule has 0 saturated carbocycles. The number of nitrogens with one attached hydrogen (secondary N) is 1. The van der Waals surface area contributed by atoms with Crippen LogP contribution in [-0.4, -0.2) is 27.4 Å². The van der Waals surface area contributed by atoms with Crippen LogP contribution < -0.4 is 11.1 Å². The Hall–Kier alpha value is -2.79. The Morgan fingerprint density at radius 3 is 3.00 bits per heavy atom. The van der Waals surface area contributed by atoms with Crippen molar-refractivity contribution >= 4 is 34.0 Å². The van der Waals surface area contributed by atoms with Crippen LogP contribution in [-0.2, 0) is 17.6 Å². The van der Waals surface area contributed by atoms with Crippen LogP contribution in [0.1, 0.15) is 23.7 Å². The summed E-state index contributed by atoms with van der Waals surface area (Å²) in [6.07, 6.45) is 3.45. The second kappa shape index (κ2) is 7.68. The molecule has 0 fully saturated rings. The fourth-order valence-corrected chi connectivity index (χ4v) is 4.29. The molecule has 0 aliphatic heterocycles. The average Bonchev–Trinajstić information content (AvgIpc) is 3.09. The Balaban J connectivity index is 1.78. The monoisotopic (exact) mass is 409 g/mol. The molecule has 0 spiro atoms. The molecule has 0 saturated heterocycles. The van der Waals surface area contributed by atoms with Crippen LogP contribution in [0.3, 0.4) is 0 Å². The van der Waals surface area contributed by atoms with E-state index in [-0.39, 0.29) is 12.5 Å². The molecule has 3 aromatic rings. The Morgan fingerprint density at radius 1 is 1.36 bits per heavy atom. The van der Waals surface area contributed by atoms with E-state index in [0.29, 0.717) is 21.5 Å². The highest BCUT2D eigenvalue weighted by molar-refractivity contribution is 7.19. The molecule has 0 unspecified atom stereocenters. The number of benzene rings is 1. The number of rotatable bonds is 2.